The van der Waals surface area contributed by atoms with E-state index in [2.05, 4.69) is 29.5 Å². The van der Waals surface area contributed by atoms with E-state index in [9.17, 15) is 4.79 Å². The summed E-state index contributed by atoms with van der Waals surface area (Å²) in [4.78, 5) is 12.6. The number of alkyl halides is 1. The van der Waals surface area contributed by atoms with E-state index in [1.54, 1.807) is 7.11 Å². The van der Waals surface area contributed by atoms with Gasteiger partial charge in [-0.1, -0.05) is 92.3 Å². The first kappa shape index (κ1) is 17.9. The van der Waals surface area contributed by atoms with Gasteiger partial charge in [0.25, 0.3) is 0 Å². The normalized spacial score (nSPS) is 17.6. The van der Waals surface area contributed by atoms with Crippen LogP contribution in [0, 0.1) is 5.41 Å². The molecule has 0 aromatic heterocycles. The van der Waals surface area contributed by atoms with Crippen LogP contribution in [0.15, 0.2) is 24.3 Å². The van der Waals surface area contributed by atoms with Gasteiger partial charge in [0.05, 0.1) is 15.9 Å². The van der Waals surface area contributed by atoms with Crippen LogP contribution in [0.2, 0.25) is 0 Å². The second kappa shape index (κ2) is 9.72. The molecule has 1 atom stereocenters. The Hall–Kier alpha value is -0.160. The molecule has 0 aliphatic heterocycles. The molecule has 1 unspecified atom stereocenters. The molecule has 3 heteroatoms. The number of allylic oxidation sites excluding steroid dienone is 2. The van der Waals surface area contributed by atoms with Crippen molar-refractivity contribution in [3.05, 3.63) is 24.3 Å². The maximum absolute atomic E-state index is 12.6. The van der Waals surface area contributed by atoms with E-state index >= 15 is 0 Å². The standard InChI is InChI=1S/C17H27IO2/c1-3-4-5-6-7-8-11-15(18)16(19)17(14-20-2)12-9-10-13-17/h9-10,12-13,15H,3-8,11,14H2,1-2H3. The van der Waals surface area contributed by atoms with Gasteiger partial charge in [-0.05, 0) is 6.42 Å². The summed E-state index contributed by atoms with van der Waals surface area (Å²) in [5.74, 6) is 0.290. The van der Waals surface area contributed by atoms with Crippen molar-refractivity contribution in [3.8, 4) is 0 Å². The van der Waals surface area contributed by atoms with Crippen molar-refractivity contribution in [2.45, 2.75) is 55.8 Å². The molecule has 0 saturated carbocycles. The first-order valence-electron chi connectivity index (χ1n) is 7.70. The highest BCUT2D eigenvalue weighted by molar-refractivity contribution is 14.1. The van der Waals surface area contributed by atoms with Crippen LogP contribution in [0.5, 0.6) is 0 Å². The molecule has 0 N–H and O–H groups in total. The Kier molecular flexibility index (Phi) is 8.69. The zero-order valence-electron chi connectivity index (χ0n) is 12.7. The molecule has 1 rings (SSSR count). The first-order valence-corrected chi connectivity index (χ1v) is 8.95. The van der Waals surface area contributed by atoms with Crippen LogP contribution < -0.4 is 0 Å². The van der Waals surface area contributed by atoms with Gasteiger partial charge in [-0.2, -0.15) is 0 Å². The van der Waals surface area contributed by atoms with Crippen LogP contribution in [-0.4, -0.2) is 23.4 Å². The molecule has 1 aliphatic rings. The van der Waals surface area contributed by atoms with Gasteiger partial charge in [0.15, 0.2) is 5.78 Å². The van der Waals surface area contributed by atoms with Crippen LogP contribution in [0.4, 0.5) is 0 Å². The number of carbonyl (C=O) groups is 1. The lowest BCUT2D eigenvalue weighted by Crippen LogP contribution is -2.36. The van der Waals surface area contributed by atoms with Gasteiger partial charge in [-0.3, -0.25) is 4.79 Å². The van der Waals surface area contributed by atoms with E-state index in [1.807, 2.05) is 24.3 Å². The summed E-state index contributed by atoms with van der Waals surface area (Å²) in [6.07, 6.45) is 16.5. The monoisotopic (exact) mass is 390 g/mol. The number of ether oxygens (including phenoxy) is 1. The van der Waals surface area contributed by atoms with Gasteiger partial charge in [0, 0.05) is 7.11 Å². The van der Waals surface area contributed by atoms with Crippen molar-refractivity contribution in [2.75, 3.05) is 13.7 Å². The predicted octanol–water partition coefficient (Wildman–Crippen LogP) is 4.87. The number of hydrogen-bond acceptors (Lipinski definition) is 2. The summed E-state index contributed by atoms with van der Waals surface area (Å²) >= 11 is 2.30. The lowest BCUT2D eigenvalue weighted by molar-refractivity contribution is -0.125. The maximum Gasteiger partial charge on any atom is 0.161 e. The van der Waals surface area contributed by atoms with Crippen molar-refractivity contribution in [2.24, 2.45) is 5.41 Å². The Labute approximate surface area is 137 Å². The van der Waals surface area contributed by atoms with E-state index in [-0.39, 0.29) is 3.92 Å². The first-order chi connectivity index (χ1) is 9.66. The molecule has 0 aromatic carbocycles. The van der Waals surface area contributed by atoms with Crippen LogP contribution in [-0.2, 0) is 9.53 Å². The lowest BCUT2D eigenvalue weighted by atomic mass is 9.83. The molecule has 0 amide bonds. The molecule has 114 valence electrons. The van der Waals surface area contributed by atoms with Crippen molar-refractivity contribution in [3.63, 3.8) is 0 Å². The number of rotatable bonds is 11. The molecule has 0 saturated heterocycles. The van der Waals surface area contributed by atoms with Crippen LogP contribution in [0.25, 0.3) is 0 Å². The van der Waals surface area contributed by atoms with Crippen LogP contribution in [0.1, 0.15) is 51.9 Å². The number of hydrogen-bond donors (Lipinski definition) is 0. The van der Waals surface area contributed by atoms with Crippen molar-refractivity contribution in [1.29, 1.82) is 0 Å². The Morgan fingerprint density at radius 1 is 1.15 bits per heavy atom. The number of halogens is 1. The van der Waals surface area contributed by atoms with Gasteiger partial charge in [0.2, 0.25) is 0 Å². The molecule has 0 radical (unpaired) electrons. The molecule has 0 fully saturated rings. The minimum absolute atomic E-state index is 0.0846. The van der Waals surface area contributed by atoms with Gasteiger partial charge < -0.3 is 4.74 Å². The average Bonchev–Trinajstić information content (AvgIpc) is 2.91. The van der Waals surface area contributed by atoms with Gasteiger partial charge in [0.1, 0.15) is 0 Å². The molecule has 0 spiro atoms. The van der Waals surface area contributed by atoms with Crippen molar-refractivity contribution >= 4 is 28.4 Å². The van der Waals surface area contributed by atoms with E-state index in [1.165, 1.54) is 32.1 Å². The summed E-state index contributed by atoms with van der Waals surface area (Å²) in [6.45, 7) is 2.69. The van der Waals surface area contributed by atoms with E-state index in [0.29, 0.717) is 12.4 Å². The average molecular weight is 390 g/mol. The minimum atomic E-state index is -0.511. The van der Waals surface area contributed by atoms with Crippen molar-refractivity contribution < 1.29 is 9.53 Å². The Bertz CT molecular complexity index is 335. The third kappa shape index (κ3) is 5.32. The Morgan fingerprint density at radius 2 is 1.75 bits per heavy atom. The van der Waals surface area contributed by atoms with Gasteiger partial charge >= 0.3 is 0 Å². The predicted molar refractivity (Wildman–Crippen MR) is 93.4 cm³/mol. The fourth-order valence-electron chi connectivity index (χ4n) is 2.61. The SMILES string of the molecule is CCCCCCCCC(I)C(=O)C1(COC)C=CC=C1. The van der Waals surface area contributed by atoms with Gasteiger partial charge in [-0.15, -0.1) is 0 Å². The Balaban J connectivity index is 2.34. The van der Waals surface area contributed by atoms with Crippen molar-refractivity contribution in [1.82, 2.24) is 0 Å². The Morgan fingerprint density at radius 3 is 2.35 bits per heavy atom. The lowest BCUT2D eigenvalue weighted by Gasteiger charge is -2.25. The number of Topliss-reactive ketones (excluding diaryl/α,β-unsaturated/α-hetero) is 1. The number of unbranched alkanes of at least 4 members (excludes halogenated alkanes) is 5. The molecule has 2 nitrogen and oxygen atoms in total. The quantitative estimate of drug-likeness (QED) is 0.286. The van der Waals surface area contributed by atoms with E-state index < -0.39 is 5.41 Å². The third-order valence-electron chi connectivity index (χ3n) is 3.84. The molecular weight excluding hydrogens is 363 g/mol. The highest BCUT2D eigenvalue weighted by Gasteiger charge is 2.37. The van der Waals surface area contributed by atoms with Gasteiger partial charge in [-0.25, -0.2) is 0 Å². The summed E-state index contributed by atoms with van der Waals surface area (Å²) in [6, 6.07) is 0. The largest absolute Gasteiger partial charge is 0.383 e. The maximum atomic E-state index is 12.6. The minimum Gasteiger partial charge on any atom is -0.383 e. The summed E-state index contributed by atoms with van der Waals surface area (Å²) in [5.41, 5.74) is -0.511. The summed E-state index contributed by atoms with van der Waals surface area (Å²) in [5, 5.41) is 0. The topological polar surface area (TPSA) is 26.3 Å². The van der Waals surface area contributed by atoms with Crippen LogP contribution in [0.3, 0.4) is 0 Å². The molecule has 0 bridgehead atoms. The smallest absolute Gasteiger partial charge is 0.161 e. The zero-order chi connectivity index (χ0) is 14.8. The fourth-order valence-corrected chi connectivity index (χ4v) is 3.63. The fraction of sp³-hybridized carbons (Fsp3) is 0.706. The second-order valence-electron chi connectivity index (χ2n) is 5.58. The van der Waals surface area contributed by atoms with E-state index in [0.717, 1.165) is 12.8 Å². The number of methoxy groups -OCH3 is 1. The van der Waals surface area contributed by atoms with Crippen LogP contribution >= 0.6 is 22.6 Å². The molecule has 0 aromatic rings. The third-order valence-corrected chi connectivity index (χ3v) is 5.02. The highest BCUT2D eigenvalue weighted by atomic mass is 127. The summed E-state index contributed by atoms with van der Waals surface area (Å²) < 4.78 is 5.33. The molecule has 0 heterocycles. The molecule has 1 aliphatic carbocycles. The summed E-state index contributed by atoms with van der Waals surface area (Å²) in [7, 11) is 1.66. The second-order valence-corrected chi connectivity index (χ2v) is 7.08. The zero-order valence-corrected chi connectivity index (χ0v) is 14.9. The number of carbonyl (C=O) groups excluding carboxylic acids is 1. The number of ketones is 1. The molecular formula is C17H27IO2. The van der Waals surface area contributed by atoms with E-state index in [4.69, 9.17) is 4.74 Å². The highest BCUT2D eigenvalue weighted by Crippen LogP contribution is 2.32. The molecule has 20 heavy (non-hydrogen) atoms.